The van der Waals surface area contributed by atoms with Gasteiger partial charge in [0.15, 0.2) is 5.11 Å². The molecule has 104 valence electrons. The average Bonchev–Trinajstić information content (AvgIpc) is 2.42. The Morgan fingerprint density at radius 1 is 1.15 bits per heavy atom. The van der Waals surface area contributed by atoms with Gasteiger partial charge in [-0.15, -0.1) is 0 Å². The number of hydrogen-bond donors (Lipinski definition) is 3. The first-order chi connectivity index (χ1) is 9.69. The molecule has 0 bridgehead atoms. The third kappa shape index (κ3) is 3.86. The molecule has 0 amide bonds. The zero-order valence-electron chi connectivity index (χ0n) is 11.2. The molecule has 4 nitrogen and oxygen atoms in total. The van der Waals surface area contributed by atoms with E-state index in [4.69, 9.17) is 22.7 Å². The van der Waals surface area contributed by atoms with Gasteiger partial charge < -0.3 is 21.1 Å². The molecule has 2 rings (SSSR count). The van der Waals surface area contributed by atoms with Gasteiger partial charge >= 0.3 is 0 Å². The minimum absolute atomic E-state index is 0.483. The lowest BCUT2D eigenvalue weighted by molar-refractivity contribution is 0.340. The molecule has 0 saturated heterocycles. The lowest BCUT2D eigenvalue weighted by Gasteiger charge is -2.13. The van der Waals surface area contributed by atoms with Crippen molar-refractivity contribution in [2.24, 2.45) is 0 Å². The van der Waals surface area contributed by atoms with Crippen molar-refractivity contribution >= 4 is 34.4 Å². The lowest BCUT2D eigenvalue weighted by atomic mass is 10.3. The van der Waals surface area contributed by atoms with Gasteiger partial charge in [0.1, 0.15) is 5.75 Å². The first kappa shape index (κ1) is 14.1. The summed E-state index contributed by atoms with van der Waals surface area (Å²) in [5.74, 6) is 0.805. The highest BCUT2D eigenvalue weighted by atomic mass is 32.1. The molecule has 0 aliphatic carbocycles. The first-order valence-corrected chi connectivity index (χ1v) is 6.75. The van der Waals surface area contributed by atoms with Crippen LogP contribution < -0.4 is 21.1 Å². The van der Waals surface area contributed by atoms with E-state index >= 15 is 0 Å². The first-order valence-electron chi connectivity index (χ1n) is 6.34. The van der Waals surface area contributed by atoms with E-state index in [1.54, 1.807) is 0 Å². The molecule has 0 atom stereocenters. The number of para-hydroxylation sites is 2. The van der Waals surface area contributed by atoms with Crippen LogP contribution in [-0.2, 0) is 0 Å². The molecule has 5 heteroatoms. The van der Waals surface area contributed by atoms with Crippen LogP contribution in [0.1, 0.15) is 6.92 Å². The van der Waals surface area contributed by atoms with Crippen LogP contribution in [0.3, 0.4) is 0 Å². The summed E-state index contributed by atoms with van der Waals surface area (Å²) >= 11 is 5.27. The third-order valence-electron chi connectivity index (χ3n) is 2.61. The molecule has 0 heterocycles. The molecular formula is C15H17N3OS. The van der Waals surface area contributed by atoms with Crippen molar-refractivity contribution in [2.75, 3.05) is 23.0 Å². The quantitative estimate of drug-likeness (QED) is 0.594. The molecule has 0 saturated carbocycles. The third-order valence-corrected chi connectivity index (χ3v) is 2.82. The monoisotopic (exact) mass is 287 g/mol. The van der Waals surface area contributed by atoms with E-state index in [1.807, 2.05) is 55.5 Å². The summed E-state index contributed by atoms with van der Waals surface area (Å²) in [7, 11) is 0. The van der Waals surface area contributed by atoms with E-state index in [0.29, 0.717) is 17.4 Å². The lowest BCUT2D eigenvalue weighted by Crippen LogP contribution is -2.19. The second-order valence-electron chi connectivity index (χ2n) is 4.13. The Morgan fingerprint density at radius 2 is 1.95 bits per heavy atom. The molecule has 0 aromatic heterocycles. The van der Waals surface area contributed by atoms with E-state index in [2.05, 4.69) is 10.6 Å². The molecular weight excluding hydrogens is 270 g/mol. The number of thiocarbonyl (C=S) groups is 1. The second-order valence-corrected chi connectivity index (χ2v) is 4.54. The summed E-state index contributed by atoms with van der Waals surface area (Å²) < 4.78 is 5.44. The van der Waals surface area contributed by atoms with Crippen LogP contribution in [0.2, 0.25) is 0 Å². The Labute approximate surface area is 123 Å². The van der Waals surface area contributed by atoms with Gasteiger partial charge in [0, 0.05) is 11.8 Å². The van der Waals surface area contributed by atoms with E-state index in [1.165, 1.54) is 0 Å². The molecule has 0 unspecified atom stereocenters. The minimum Gasteiger partial charge on any atom is -0.494 e. The van der Waals surface area contributed by atoms with Crippen molar-refractivity contribution in [3.05, 3.63) is 48.5 Å². The van der Waals surface area contributed by atoms with Gasteiger partial charge in [0.05, 0.1) is 18.0 Å². The molecule has 0 aliphatic rings. The SMILES string of the molecule is CCOc1cccc(NC(=S)Nc2ccccc2N)c1. The van der Waals surface area contributed by atoms with Crippen molar-refractivity contribution < 1.29 is 4.74 Å². The Balaban J connectivity index is 2.01. The number of anilines is 3. The molecule has 0 radical (unpaired) electrons. The van der Waals surface area contributed by atoms with Crippen molar-refractivity contribution in [3.63, 3.8) is 0 Å². The minimum atomic E-state index is 0.483. The van der Waals surface area contributed by atoms with Gasteiger partial charge in [0.25, 0.3) is 0 Å². The maximum Gasteiger partial charge on any atom is 0.175 e. The molecule has 2 aromatic rings. The predicted octanol–water partition coefficient (Wildman–Crippen LogP) is 3.48. The van der Waals surface area contributed by atoms with E-state index in [9.17, 15) is 0 Å². The summed E-state index contributed by atoms with van der Waals surface area (Å²) in [4.78, 5) is 0. The van der Waals surface area contributed by atoms with Crippen molar-refractivity contribution in [2.45, 2.75) is 6.92 Å². The largest absolute Gasteiger partial charge is 0.494 e. The zero-order chi connectivity index (χ0) is 14.4. The van der Waals surface area contributed by atoms with Crippen molar-refractivity contribution in [3.8, 4) is 5.75 Å². The van der Waals surface area contributed by atoms with E-state index in [-0.39, 0.29) is 0 Å². The van der Waals surface area contributed by atoms with Gasteiger partial charge in [-0.25, -0.2) is 0 Å². The molecule has 0 aliphatic heterocycles. The fourth-order valence-corrected chi connectivity index (χ4v) is 1.95. The highest BCUT2D eigenvalue weighted by Gasteiger charge is 2.02. The van der Waals surface area contributed by atoms with Crippen LogP contribution in [0, 0.1) is 0 Å². The molecule has 0 spiro atoms. The maximum absolute atomic E-state index is 5.86. The topological polar surface area (TPSA) is 59.3 Å². The van der Waals surface area contributed by atoms with Crippen LogP contribution in [0.4, 0.5) is 17.1 Å². The Kier molecular flexibility index (Phi) is 4.79. The van der Waals surface area contributed by atoms with E-state index in [0.717, 1.165) is 17.1 Å². The van der Waals surface area contributed by atoms with Gasteiger partial charge in [0.2, 0.25) is 0 Å². The second kappa shape index (κ2) is 6.77. The molecule has 4 N–H and O–H groups in total. The van der Waals surface area contributed by atoms with Gasteiger partial charge in [-0.2, -0.15) is 0 Å². The molecule has 2 aromatic carbocycles. The number of benzene rings is 2. The summed E-state index contributed by atoms with van der Waals surface area (Å²) in [5.41, 5.74) is 8.16. The van der Waals surface area contributed by atoms with Gasteiger partial charge in [-0.05, 0) is 43.4 Å². The number of nitrogens with two attached hydrogens (primary N) is 1. The maximum atomic E-state index is 5.86. The Hall–Kier alpha value is -2.27. The van der Waals surface area contributed by atoms with Gasteiger partial charge in [-0.3, -0.25) is 0 Å². The summed E-state index contributed by atoms with van der Waals surface area (Å²) in [5, 5.41) is 6.65. The molecule has 20 heavy (non-hydrogen) atoms. The smallest absolute Gasteiger partial charge is 0.175 e. The van der Waals surface area contributed by atoms with Crippen LogP contribution in [0.15, 0.2) is 48.5 Å². The fourth-order valence-electron chi connectivity index (χ4n) is 1.73. The number of nitrogens with one attached hydrogen (secondary N) is 2. The van der Waals surface area contributed by atoms with Gasteiger partial charge in [-0.1, -0.05) is 18.2 Å². The Morgan fingerprint density at radius 3 is 2.70 bits per heavy atom. The predicted molar refractivity (Wildman–Crippen MR) is 88.3 cm³/mol. The van der Waals surface area contributed by atoms with Crippen LogP contribution in [-0.4, -0.2) is 11.7 Å². The van der Waals surface area contributed by atoms with Crippen molar-refractivity contribution in [1.29, 1.82) is 0 Å². The summed E-state index contributed by atoms with van der Waals surface area (Å²) in [6, 6.07) is 15.1. The fraction of sp³-hybridized carbons (Fsp3) is 0.133. The highest BCUT2D eigenvalue weighted by Crippen LogP contribution is 2.19. The number of nitrogen functional groups attached to an aromatic ring is 1. The van der Waals surface area contributed by atoms with Crippen LogP contribution in [0.25, 0.3) is 0 Å². The summed E-state index contributed by atoms with van der Waals surface area (Å²) in [6.45, 7) is 2.58. The normalized spacial score (nSPS) is 9.85. The highest BCUT2D eigenvalue weighted by molar-refractivity contribution is 7.80. The molecule has 0 fully saturated rings. The average molecular weight is 287 g/mol. The standard InChI is InChI=1S/C15H17N3OS/c1-2-19-12-7-5-6-11(10-12)17-15(20)18-14-9-4-3-8-13(14)16/h3-10H,2,16H2,1H3,(H2,17,18,20). The number of rotatable bonds is 4. The van der Waals surface area contributed by atoms with Crippen LogP contribution >= 0.6 is 12.2 Å². The number of hydrogen-bond acceptors (Lipinski definition) is 3. The van der Waals surface area contributed by atoms with Crippen molar-refractivity contribution in [1.82, 2.24) is 0 Å². The van der Waals surface area contributed by atoms with E-state index < -0.39 is 0 Å². The number of ether oxygens (including phenoxy) is 1. The Bertz CT molecular complexity index is 601. The summed E-state index contributed by atoms with van der Waals surface area (Å²) in [6.07, 6.45) is 0. The zero-order valence-corrected chi connectivity index (χ0v) is 12.0. The van der Waals surface area contributed by atoms with Crippen LogP contribution in [0.5, 0.6) is 5.75 Å².